The zero-order valence-corrected chi connectivity index (χ0v) is 13.9. The fourth-order valence-corrected chi connectivity index (χ4v) is 2.59. The number of hydrogen-bond donors (Lipinski definition) is 2. The van der Waals surface area contributed by atoms with Crippen molar-refractivity contribution < 1.29 is 23.1 Å². The van der Waals surface area contributed by atoms with Crippen LogP contribution in [0, 0.1) is 11.3 Å². The Morgan fingerprint density at radius 2 is 2.13 bits per heavy atom. The molecule has 8 nitrogen and oxygen atoms in total. The molecule has 0 aliphatic carbocycles. The molecule has 0 amide bonds. The summed E-state index contributed by atoms with van der Waals surface area (Å²) in [5.41, 5.74) is 0.287. The van der Waals surface area contributed by atoms with Crippen molar-refractivity contribution in [2.75, 3.05) is 32.6 Å². The number of rotatable bonds is 7. The van der Waals surface area contributed by atoms with E-state index in [1.165, 1.54) is 39.2 Å². The van der Waals surface area contributed by atoms with Gasteiger partial charge in [-0.1, -0.05) is 0 Å². The number of aliphatic hydroxyl groups is 1. The molecule has 0 heterocycles. The molecule has 1 aromatic carbocycles. The van der Waals surface area contributed by atoms with E-state index in [0.29, 0.717) is 5.69 Å². The Hall–Kier alpha value is -2.15. The quantitative estimate of drug-likeness (QED) is 0.689. The molecule has 2 N–H and O–H groups in total. The third-order valence-corrected chi connectivity index (χ3v) is 4.69. The lowest BCUT2D eigenvalue weighted by Crippen LogP contribution is -2.23. The molecule has 9 heteroatoms. The monoisotopic (exact) mass is 341 g/mol. The Morgan fingerprint density at radius 3 is 2.65 bits per heavy atom. The number of carbonyl (C=O) groups excluding carboxylic acids is 1. The third-order valence-electron chi connectivity index (χ3n) is 2.88. The van der Waals surface area contributed by atoms with E-state index in [0.717, 1.165) is 4.31 Å². The maximum absolute atomic E-state index is 12.2. The van der Waals surface area contributed by atoms with Gasteiger partial charge in [0.2, 0.25) is 10.0 Å². The molecule has 0 aliphatic rings. The third kappa shape index (κ3) is 4.66. The van der Waals surface area contributed by atoms with Gasteiger partial charge >= 0.3 is 5.97 Å². The number of sulfonamides is 1. The molecule has 0 unspecified atom stereocenters. The summed E-state index contributed by atoms with van der Waals surface area (Å²) in [4.78, 5) is 12.1. The lowest BCUT2D eigenvalue weighted by Gasteiger charge is -2.16. The first-order chi connectivity index (χ1) is 10.7. The zero-order chi connectivity index (χ0) is 17.6. The summed E-state index contributed by atoms with van der Waals surface area (Å²) in [6.07, 6.45) is -0.970. The average Bonchev–Trinajstić information content (AvgIpc) is 2.52. The first-order valence-electron chi connectivity index (χ1n) is 6.76. The molecule has 0 saturated carbocycles. The van der Waals surface area contributed by atoms with Gasteiger partial charge in [0.15, 0.2) is 6.10 Å². The Kier molecular flexibility index (Phi) is 6.50. The Bertz CT molecular complexity index is 710. The van der Waals surface area contributed by atoms with Gasteiger partial charge in [-0.25, -0.2) is 17.5 Å². The lowest BCUT2D eigenvalue weighted by molar-refractivity contribution is 0.0436. The van der Waals surface area contributed by atoms with Crippen molar-refractivity contribution in [3.63, 3.8) is 0 Å². The molecule has 126 valence electrons. The highest BCUT2D eigenvalue weighted by Crippen LogP contribution is 2.23. The number of nitriles is 1. The molecular formula is C14H19N3O5S. The van der Waals surface area contributed by atoms with Crippen molar-refractivity contribution in [2.24, 2.45) is 0 Å². The van der Waals surface area contributed by atoms with Crippen LogP contribution in [0.4, 0.5) is 5.69 Å². The zero-order valence-electron chi connectivity index (χ0n) is 13.1. The molecule has 1 atom stereocenters. The number of ether oxygens (including phenoxy) is 1. The summed E-state index contributed by atoms with van der Waals surface area (Å²) >= 11 is 0. The first-order valence-corrected chi connectivity index (χ1v) is 8.20. The number of nitrogens with one attached hydrogen (secondary N) is 1. The summed E-state index contributed by atoms with van der Waals surface area (Å²) < 4.78 is 30.3. The largest absolute Gasteiger partial charge is 0.444 e. The van der Waals surface area contributed by atoms with Gasteiger partial charge in [0, 0.05) is 26.3 Å². The number of aliphatic hydroxyl groups excluding tert-OH is 1. The molecule has 0 spiro atoms. The first kappa shape index (κ1) is 18.9. The number of esters is 1. The molecule has 0 aromatic heterocycles. The van der Waals surface area contributed by atoms with Gasteiger partial charge < -0.3 is 15.2 Å². The minimum Gasteiger partial charge on any atom is -0.444 e. The predicted octanol–water partition coefficient (Wildman–Crippen LogP) is 0.410. The van der Waals surface area contributed by atoms with Crippen molar-refractivity contribution in [1.29, 1.82) is 5.26 Å². The van der Waals surface area contributed by atoms with Crippen LogP contribution in [0.3, 0.4) is 0 Å². The van der Waals surface area contributed by atoms with Crippen LogP contribution in [0.5, 0.6) is 0 Å². The summed E-state index contributed by atoms with van der Waals surface area (Å²) in [7, 11) is -0.965. The second kappa shape index (κ2) is 7.92. The predicted molar refractivity (Wildman–Crippen MR) is 83.4 cm³/mol. The topological polar surface area (TPSA) is 120 Å². The molecule has 0 fully saturated rings. The minimum absolute atomic E-state index is 0.0246. The van der Waals surface area contributed by atoms with Crippen LogP contribution in [-0.4, -0.2) is 57.1 Å². The number of benzene rings is 1. The van der Waals surface area contributed by atoms with E-state index in [1.807, 2.05) is 0 Å². The highest BCUT2D eigenvalue weighted by atomic mass is 32.2. The maximum Gasteiger partial charge on any atom is 0.341 e. The summed E-state index contributed by atoms with van der Waals surface area (Å²) in [6.45, 7) is 1.41. The Morgan fingerprint density at radius 1 is 1.48 bits per heavy atom. The standard InChI is InChI=1S/C14H19N3O5S/c1-10(9-15)22-14(19)12-8-11(23(20,21)17(2)3)4-5-13(12)16-6-7-18/h4-5,8,10,16,18H,6-7H2,1-3H3/t10-/m0/s1. The average molecular weight is 341 g/mol. The van der Waals surface area contributed by atoms with Crippen LogP contribution in [0.1, 0.15) is 17.3 Å². The molecule has 0 saturated heterocycles. The SMILES string of the molecule is C[C@@H](C#N)OC(=O)c1cc(S(=O)(=O)N(C)C)ccc1NCCO. The van der Waals surface area contributed by atoms with Crippen LogP contribution in [0.15, 0.2) is 23.1 Å². The second-order valence-corrected chi connectivity index (χ2v) is 6.97. The van der Waals surface area contributed by atoms with Crippen LogP contribution < -0.4 is 5.32 Å². The van der Waals surface area contributed by atoms with Crippen LogP contribution in [0.2, 0.25) is 0 Å². The normalized spacial score (nSPS) is 12.5. The molecule has 0 radical (unpaired) electrons. The Balaban J connectivity index is 3.31. The maximum atomic E-state index is 12.2. The molecule has 1 aromatic rings. The van der Waals surface area contributed by atoms with Gasteiger partial charge in [-0.05, 0) is 25.1 Å². The number of nitrogens with zero attached hydrogens (tertiary/aromatic N) is 2. The number of anilines is 1. The number of hydrogen-bond acceptors (Lipinski definition) is 7. The van der Waals surface area contributed by atoms with E-state index in [-0.39, 0.29) is 23.6 Å². The second-order valence-electron chi connectivity index (χ2n) is 4.82. The van der Waals surface area contributed by atoms with E-state index in [9.17, 15) is 13.2 Å². The highest BCUT2D eigenvalue weighted by molar-refractivity contribution is 7.89. The van der Waals surface area contributed by atoms with Crippen molar-refractivity contribution in [1.82, 2.24) is 4.31 Å². The Labute approximate surface area is 135 Å². The highest BCUT2D eigenvalue weighted by Gasteiger charge is 2.22. The smallest absolute Gasteiger partial charge is 0.341 e. The van der Waals surface area contributed by atoms with E-state index in [4.69, 9.17) is 15.1 Å². The van der Waals surface area contributed by atoms with Crippen molar-refractivity contribution in [3.05, 3.63) is 23.8 Å². The number of carbonyl (C=O) groups is 1. The van der Waals surface area contributed by atoms with Crippen LogP contribution in [-0.2, 0) is 14.8 Å². The van der Waals surface area contributed by atoms with Crippen molar-refractivity contribution in [2.45, 2.75) is 17.9 Å². The van der Waals surface area contributed by atoms with Gasteiger partial charge in [-0.2, -0.15) is 5.26 Å². The van der Waals surface area contributed by atoms with Crippen molar-refractivity contribution >= 4 is 21.7 Å². The summed E-state index contributed by atoms with van der Waals surface area (Å²) in [5, 5.41) is 20.4. The summed E-state index contributed by atoms with van der Waals surface area (Å²) in [6, 6.07) is 5.71. The van der Waals surface area contributed by atoms with E-state index in [1.54, 1.807) is 6.07 Å². The van der Waals surface area contributed by atoms with Gasteiger partial charge in [-0.3, -0.25) is 0 Å². The molecule has 1 rings (SSSR count). The van der Waals surface area contributed by atoms with Gasteiger partial charge in [-0.15, -0.1) is 0 Å². The van der Waals surface area contributed by atoms with Gasteiger partial charge in [0.25, 0.3) is 0 Å². The van der Waals surface area contributed by atoms with E-state index < -0.39 is 22.1 Å². The molecular weight excluding hydrogens is 322 g/mol. The van der Waals surface area contributed by atoms with Crippen LogP contribution in [0.25, 0.3) is 0 Å². The van der Waals surface area contributed by atoms with E-state index in [2.05, 4.69) is 5.32 Å². The molecule has 23 heavy (non-hydrogen) atoms. The van der Waals surface area contributed by atoms with Crippen molar-refractivity contribution in [3.8, 4) is 6.07 Å². The molecule has 0 bridgehead atoms. The minimum atomic E-state index is -3.72. The lowest BCUT2D eigenvalue weighted by atomic mass is 10.1. The van der Waals surface area contributed by atoms with Crippen LogP contribution >= 0.6 is 0 Å². The molecule has 0 aliphatic heterocycles. The summed E-state index contributed by atoms with van der Waals surface area (Å²) in [5.74, 6) is -0.824. The van der Waals surface area contributed by atoms with Gasteiger partial charge in [0.1, 0.15) is 6.07 Å². The van der Waals surface area contributed by atoms with Gasteiger partial charge in [0.05, 0.1) is 17.1 Å². The van der Waals surface area contributed by atoms with E-state index >= 15 is 0 Å². The fraction of sp³-hybridized carbons (Fsp3) is 0.429. The fourth-order valence-electron chi connectivity index (χ4n) is 1.66.